The minimum absolute atomic E-state index is 0.238. The molecule has 1 heteroatoms. The number of hydrogen-bond acceptors (Lipinski definition) is 1. The van der Waals surface area contributed by atoms with E-state index in [-0.39, 0.29) is 6.04 Å². The van der Waals surface area contributed by atoms with Gasteiger partial charge in [-0.25, -0.2) is 0 Å². The van der Waals surface area contributed by atoms with Gasteiger partial charge in [-0.3, -0.25) is 0 Å². The highest BCUT2D eigenvalue weighted by atomic mass is 14.6. The van der Waals surface area contributed by atoms with Gasteiger partial charge in [-0.05, 0) is 18.8 Å². The van der Waals surface area contributed by atoms with Gasteiger partial charge in [-0.2, -0.15) is 0 Å². The highest BCUT2D eigenvalue weighted by molar-refractivity contribution is 4.86. The van der Waals surface area contributed by atoms with E-state index < -0.39 is 0 Å². The molecule has 0 amide bonds. The van der Waals surface area contributed by atoms with Crippen LogP contribution in [0.3, 0.4) is 0 Å². The van der Waals surface area contributed by atoms with E-state index in [1.54, 1.807) is 0 Å². The molecule has 0 aromatic carbocycles. The lowest BCUT2D eigenvalue weighted by atomic mass is 9.90. The van der Waals surface area contributed by atoms with Gasteiger partial charge in [0.05, 0.1) is 0 Å². The molecule has 0 fully saturated rings. The van der Waals surface area contributed by atoms with Crippen LogP contribution in [-0.2, 0) is 0 Å². The van der Waals surface area contributed by atoms with Crippen LogP contribution in [0.4, 0.5) is 0 Å². The van der Waals surface area contributed by atoms with Gasteiger partial charge >= 0.3 is 0 Å². The Bertz CT molecular complexity index is 76.6. The van der Waals surface area contributed by atoms with Crippen molar-refractivity contribution in [3.05, 3.63) is 12.7 Å². The molecule has 0 bridgehead atoms. The van der Waals surface area contributed by atoms with Crippen molar-refractivity contribution in [3.63, 3.8) is 0 Å². The second-order valence-corrected chi connectivity index (χ2v) is 2.92. The molecule has 0 saturated heterocycles. The normalized spacial score (nSPS) is 17.4. The summed E-state index contributed by atoms with van der Waals surface area (Å²) in [6, 6.07) is 0.238. The quantitative estimate of drug-likeness (QED) is 0.575. The summed E-state index contributed by atoms with van der Waals surface area (Å²) in [5.41, 5.74) is 5.68. The number of nitrogens with two attached hydrogens (primary N) is 1. The van der Waals surface area contributed by atoms with Crippen LogP contribution >= 0.6 is 0 Å². The summed E-state index contributed by atoms with van der Waals surface area (Å²) in [4.78, 5) is 0. The first kappa shape index (κ1) is 8.70. The van der Waals surface area contributed by atoms with Crippen molar-refractivity contribution in [2.24, 2.45) is 17.6 Å². The van der Waals surface area contributed by atoms with Crippen molar-refractivity contribution >= 4 is 0 Å². The monoisotopic (exact) mass is 127 g/mol. The van der Waals surface area contributed by atoms with Crippen LogP contribution in [0.2, 0.25) is 0 Å². The number of rotatable bonds is 3. The van der Waals surface area contributed by atoms with Crippen molar-refractivity contribution in [2.75, 3.05) is 0 Å². The Morgan fingerprint density at radius 1 is 1.33 bits per heavy atom. The summed E-state index contributed by atoms with van der Waals surface area (Å²) in [6.45, 7) is 10.1. The van der Waals surface area contributed by atoms with Crippen molar-refractivity contribution in [2.45, 2.75) is 26.8 Å². The first-order chi connectivity index (χ1) is 4.09. The average Bonchev–Trinajstić information content (AvgIpc) is 1.64. The van der Waals surface area contributed by atoms with Gasteiger partial charge in [0.1, 0.15) is 0 Å². The fourth-order valence-corrected chi connectivity index (χ4v) is 1.09. The molecule has 54 valence electrons. The molecule has 0 aromatic rings. The molecule has 2 atom stereocenters. The van der Waals surface area contributed by atoms with E-state index in [0.717, 1.165) is 0 Å². The standard InChI is InChI=1S/C8H17N/c1-5-8(6(2)3)7(4)9/h5-8H,1,9H2,2-4H3. The minimum atomic E-state index is 0.238. The SMILES string of the molecule is C=CC(C(C)C)C(C)N. The molecule has 0 saturated carbocycles. The van der Waals surface area contributed by atoms with E-state index in [2.05, 4.69) is 20.4 Å². The van der Waals surface area contributed by atoms with Crippen molar-refractivity contribution < 1.29 is 0 Å². The molecule has 0 radical (unpaired) electrons. The Kier molecular flexibility index (Phi) is 3.55. The lowest BCUT2D eigenvalue weighted by Crippen LogP contribution is -2.28. The molecular formula is C8H17N. The molecule has 0 rings (SSSR count). The zero-order valence-electron chi connectivity index (χ0n) is 6.59. The zero-order chi connectivity index (χ0) is 7.44. The largest absolute Gasteiger partial charge is 0.327 e. The van der Waals surface area contributed by atoms with Crippen LogP contribution in [0, 0.1) is 11.8 Å². The van der Waals surface area contributed by atoms with Gasteiger partial charge in [0, 0.05) is 6.04 Å². The third-order valence-electron chi connectivity index (χ3n) is 1.65. The third kappa shape index (κ3) is 2.66. The van der Waals surface area contributed by atoms with E-state index >= 15 is 0 Å². The predicted molar refractivity (Wildman–Crippen MR) is 42.2 cm³/mol. The lowest BCUT2D eigenvalue weighted by molar-refractivity contribution is 0.405. The lowest BCUT2D eigenvalue weighted by Gasteiger charge is -2.19. The maximum Gasteiger partial charge on any atom is 0.00757 e. The molecule has 2 unspecified atom stereocenters. The van der Waals surface area contributed by atoms with Gasteiger partial charge in [0.25, 0.3) is 0 Å². The van der Waals surface area contributed by atoms with E-state index in [1.165, 1.54) is 0 Å². The van der Waals surface area contributed by atoms with Gasteiger partial charge in [-0.15, -0.1) is 6.58 Å². The maximum atomic E-state index is 5.68. The summed E-state index contributed by atoms with van der Waals surface area (Å²) in [5, 5.41) is 0. The highest BCUT2D eigenvalue weighted by Gasteiger charge is 2.12. The minimum Gasteiger partial charge on any atom is -0.327 e. The fraction of sp³-hybridized carbons (Fsp3) is 0.750. The van der Waals surface area contributed by atoms with E-state index in [9.17, 15) is 0 Å². The smallest absolute Gasteiger partial charge is 0.00757 e. The molecule has 9 heavy (non-hydrogen) atoms. The van der Waals surface area contributed by atoms with E-state index in [0.29, 0.717) is 11.8 Å². The molecule has 2 N–H and O–H groups in total. The Morgan fingerprint density at radius 2 is 1.78 bits per heavy atom. The second kappa shape index (κ2) is 3.67. The highest BCUT2D eigenvalue weighted by Crippen LogP contribution is 2.13. The summed E-state index contributed by atoms with van der Waals surface area (Å²) < 4.78 is 0. The van der Waals surface area contributed by atoms with E-state index in [1.807, 2.05) is 13.0 Å². The first-order valence-electron chi connectivity index (χ1n) is 3.47. The fourth-order valence-electron chi connectivity index (χ4n) is 1.09. The molecule has 0 spiro atoms. The van der Waals surface area contributed by atoms with Crippen LogP contribution in [0.25, 0.3) is 0 Å². The van der Waals surface area contributed by atoms with Crippen molar-refractivity contribution in [3.8, 4) is 0 Å². The predicted octanol–water partition coefficient (Wildman–Crippen LogP) is 1.79. The van der Waals surface area contributed by atoms with E-state index in [4.69, 9.17) is 5.73 Å². The molecule has 0 heterocycles. The molecular weight excluding hydrogens is 110 g/mol. The Morgan fingerprint density at radius 3 is 1.78 bits per heavy atom. The van der Waals surface area contributed by atoms with Crippen LogP contribution in [-0.4, -0.2) is 6.04 Å². The van der Waals surface area contributed by atoms with Gasteiger partial charge < -0.3 is 5.73 Å². The molecule has 0 aliphatic rings. The van der Waals surface area contributed by atoms with Crippen molar-refractivity contribution in [1.29, 1.82) is 0 Å². The first-order valence-corrected chi connectivity index (χ1v) is 3.47. The average molecular weight is 127 g/mol. The second-order valence-electron chi connectivity index (χ2n) is 2.92. The number of hydrogen-bond donors (Lipinski definition) is 1. The van der Waals surface area contributed by atoms with Crippen LogP contribution in [0.15, 0.2) is 12.7 Å². The topological polar surface area (TPSA) is 26.0 Å². The zero-order valence-corrected chi connectivity index (χ0v) is 6.59. The van der Waals surface area contributed by atoms with Gasteiger partial charge in [0.2, 0.25) is 0 Å². The molecule has 1 nitrogen and oxygen atoms in total. The summed E-state index contributed by atoms with van der Waals surface area (Å²) in [6.07, 6.45) is 1.94. The van der Waals surface area contributed by atoms with Crippen LogP contribution in [0.5, 0.6) is 0 Å². The third-order valence-corrected chi connectivity index (χ3v) is 1.65. The Labute approximate surface area is 57.9 Å². The van der Waals surface area contributed by atoms with Gasteiger partial charge in [0.15, 0.2) is 0 Å². The summed E-state index contributed by atoms with van der Waals surface area (Å²) in [5.74, 6) is 1.08. The summed E-state index contributed by atoms with van der Waals surface area (Å²) in [7, 11) is 0. The van der Waals surface area contributed by atoms with Crippen LogP contribution in [0.1, 0.15) is 20.8 Å². The van der Waals surface area contributed by atoms with Gasteiger partial charge in [-0.1, -0.05) is 19.9 Å². The molecule has 0 aliphatic carbocycles. The maximum absolute atomic E-state index is 5.68. The summed E-state index contributed by atoms with van der Waals surface area (Å²) >= 11 is 0. The Balaban J connectivity index is 3.82. The van der Waals surface area contributed by atoms with Crippen molar-refractivity contribution in [1.82, 2.24) is 0 Å². The van der Waals surface area contributed by atoms with Crippen LogP contribution < -0.4 is 5.73 Å². The molecule has 0 aromatic heterocycles. The Hall–Kier alpha value is -0.300. The molecule has 0 aliphatic heterocycles.